The molecule has 0 saturated carbocycles. The number of rotatable bonds is 21. The van der Waals surface area contributed by atoms with E-state index in [1.54, 1.807) is 24.3 Å². The molecule has 0 fully saturated rings. The third-order valence-corrected chi connectivity index (χ3v) is 9.72. The van der Waals surface area contributed by atoms with Gasteiger partial charge in [0.05, 0.1) is 11.1 Å². The highest BCUT2D eigenvalue weighted by Gasteiger charge is 2.21. The SMILES string of the molecule is CCCCCCCCCCCCCCCCCCc1ccc2c(OC(=O)c3ccccc3)c3ccccc3c(OC(=O)c3ccccc3)c2c1. The van der Waals surface area contributed by atoms with Gasteiger partial charge >= 0.3 is 11.9 Å². The lowest BCUT2D eigenvalue weighted by atomic mass is 9.96. The second-order valence-electron chi connectivity index (χ2n) is 13.6. The molecule has 0 unspecified atom stereocenters. The highest BCUT2D eigenvalue weighted by molar-refractivity contribution is 6.14. The average molecular weight is 671 g/mol. The Morgan fingerprint density at radius 2 is 0.800 bits per heavy atom. The van der Waals surface area contributed by atoms with Crippen molar-refractivity contribution in [1.82, 2.24) is 0 Å². The Morgan fingerprint density at radius 3 is 1.26 bits per heavy atom. The Hall–Kier alpha value is -4.44. The van der Waals surface area contributed by atoms with Gasteiger partial charge in [-0.05, 0) is 48.7 Å². The minimum atomic E-state index is -0.427. The van der Waals surface area contributed by atoms with Gasteiger partial charge in [-0.1, -0.05) is 176 Å². The molecule has 0 N–H and O–H groups in total. The molecule has 0 saturated heterocycles. The quantitative estimate of drug-likeness (QED) is 0.0337. The van der Waals surface area contributed by atoms with Crippen molar-refractivity contribution in [3.8, 4) is 11.5 Å². The Kier molecular flexibility index (Phi) is 14.9. The smallest absolute Gasteiger partial charge is 0.343 e. The van der Waals surface area contributed by atoms with Crippen LogP contribution in [0.5, 0.6) is 11.5 Å². The minimum absolute atomic E-state index is 0.422. The summed E-state index contributed by atoms with van der Waals surface area (Å²) in [6.45, 7) is 2.28. The van der Waals surface area contributed by atoms with E-state index in [2.05, 4.69) is 19.1 Å². The topological polar surface area (TPSA) is 52.6 Å². The molecule has 0 aromatic heterocycles. The highest BCUT2D eigenvalue weighted by atomic mass is 16.5. The molecular weight excluding hydrogens is 617 g/mol. The molecule has 5 rings (SSSR count). The molecule has 0 radical (unpaired) electrons. The zero-order valence-corrected chi connectivity index (χ0v) is 30.0. The van der Waals surface area contributed by atoms with Gasteiger partial charge in [0, 0.05) is 21.5 Å². The monoisotopic (exact) mass is 670 g/mol. The number of aryl methyl sites for hydroxylation is 1. The van der Waals surface area contributed by atoms with Crippen LogP contribution >= 0.6 is 0 Å². The lowest BCUT2D eigenvalue weighted by Gasteiger charge is -2.17. The lowest BCUT2D eigenvalue weighted by Crippen LogP contribution is -2.11. The molecule has 4 nitrogen and oxygen atoms in total. The first-order valence-corrected chi connectivity index (χ1v) is 19.2. The van der Waals surface area contributed by atoms with E-state index in [1.807, 2.05) is 66.7 Å². The number of hydrogen-bond acceptors (Lipinski definition) is 4. The number of carbonyl (C=O) groups excluding carboxylic acids is 2. The maximum atomic E-state index is 13.4. The van der Waals surface area contributed by atoms with Crippen molar-refractivity contribution in [3.63, 3.8) is 0 Å². The first-order valence-electron chi connectivity index (χ1n) is 19.2. The molecule has 0 amide bonds. The average Bonchev–Trinajstić information content (AvgIpc) is 3.16. The molecule has 50 heavy (non-hydrogen) atoms. The molecule has 0 aliphatic rings. The normalized spacial score (nSPS) is 11.2. The Morgan fingerprint density at radius 1 is 0.420 bits per heavy atom. The molecule has 0 spiro atoms. The van der Waals surface area contributed by atoms with Gasteiger partial charge < -0.3 is 9.47 Å². The molecule has 5 aromatic carbocycles. The summed E-state index contributed by atoms with van der Waals surface area (Å²) < 4.78 is 12.3. The molecule has 5 aromatic rings. The molecule has 4 heteroatoms. The third-order valence-electron chi connectivity index (χ3n) is 9.72. The largest absolute Gasteiger partial charge is 0.422 e. The fourth-order valence-electron chi connectivity index (χ4n) is 6.85. The fourth-order valence-corrected chi connectivity index (χ4v) is 6.85. The Balaban J connectivity index is 1.21. The van der Waals surface area contributed by atoms with Crippen molar-refractivity contribution < 1.29 is 19.1 Å². The van der Waals surface area contributed by atoms with E-state index in [-0.39, 0.29) is 0 Å². The third kappa shape index (κ3) is 10.8. The van der Waals surface area contributed by atoms with Gasteiger partial charge in [-0.15, -0.1) is 0 Å². The molecule has 0 aliphatic heterocycles. The molecular formula is C46H54O4. The van der Waals surface area contributed by atoms with Crippen molar-refractivity contribution >= 4 is 33.5 Å². The van der Waals surface area contributed by atoms with Crippen LogP contribution in [-0.4, -0.2) is 11.9 Å². The van der Waals surface area contributed by atoms with E-state index >= 15 is 0 Å². The van der Waals surface area contributed by atoms with Gasteiger partial charge in [-0.25, -0.2) is 9.59 Å². The van der Waals surface area contributed by atoms with E-state index in [4.69, 9.17) is 9.47 Å². The van der Waals surface area contributed by atoms with Gasteiger partial charge in [-0.2, -0.15) is 0 Å². The summed E-state index contributed by atoms with van der Waals surface area (Å²) in [5.74, 6) is 0.105. The van der Waals surface area contributed by atoms with Gasteiger partial charge in [0.2, 0.25) is 0 Å². The molecule has 0 bridgehead atoms. The summed E-state index contributed by atoms with van der Waals surface area (Å²) in [5, 5.41) is 2.93. The van der Waals surface area contributed by atoms with Gasteiger partial charge in [-0.3, -0.25) is 0 Å². The summed E-state index contributed by atoms with van der Waals surface area (Å²) in [6.07, 6.45) is 22.5. The Bertz CT molecular complexity index is 1780. The van der Waals surface area contributed by atoms with Crippen molar-refractivity contribution in [1.29, 1.82) is 0 Å². The number of unbranched alkanes of at least 4 members (excludes halogenated alkanes) is 15. The van der Waals surface area contributed by atoms with E-state index in [0.29, 0.717) is 28.0 Å². The fraction of sp³-hybridized carbons (Fsp3) is 0.391. The summed E-state index contributed by atoms with van der Waals surface area (Å²) in [5.41, 5.74) is 2.13. The highest BCUT2D eigenvalue weighted by Crippen LogP contribution is 2.44. The molecule has 262 valence electrons. The first-order chi connectivity index (χ1) is 24.7. The van der Waals surface area contributed by atoms with Crippen LogP contribution in [0.4, 0.5) is 0 Å². The number of hydrogen-bond donors (Lipinski definition) is 0. The summed E-state index contributed by atoms with van der Waals surface area (Å²) in [7, 11) is 0. The van der Waals surface area contributed by atoms with Crippen LogP contribution in [0.25, 0.3) is 21.5 Å². The van der Waals surface area contributed by atoms with Crippen LogP contribution in [0, 0.1) is 0 Å². The van der Waals surface area contributed by atoms with Gasteiger partial charge in [0.1, 0.15) is 11.5 Å². The minimum Gasteiger partial charge on any atom is -0.422 e. The van der Waals surface area contributed by atoms with Crippen LogP contribution in [0.15, 0.2) is 103 Å². The maximum Gasteiger partial charge on any atom is 0.343 e. The summed E-state index contributed by atoms with van der Waals surface area (Å²) >= 11 is 0. The predicted octanol–water partition coefficient (Wildman–Crippen LogP) is 13.2. The van der Waals surface area contributed by atoms with E-state index in [9.17, 15) is 9.59 Å². The van der Waals surface area contributed by atoms with Crippen LogP contribution in [0.1, 0.15) is 136 Å². The van der Waals surface area contributed by atoms with Gasteiger partial charge in [0.15, 0.2) is 0 Å². The van der Waals surface area contributed by atoms with Crippen molar-refractivity contribution in [2.45, 2.75) is 116 Å². The van der Waals surface area contributed by atoms with Crippen molar-refractivity contribution in [3.05, 3.63) is 120 Å². The number of benzene rings is 5. The molecule has 0 atom stereocenters. The zero-order valence-electron chi connectivity index (χ0n) is 30.0. The lowest BCUT2D eigenvalue weighted by molar-refractivity contribution is 0.0726. The van der Waals surface area contributed by atoms with Crippen LogP contribution < -0.4 is 9.47 Å². The Labute approximate surface area is 299 Å². The number of ether oxygens (including phenoxy) is 2. The molecule has 0 heterocycles. The van der Waals surface area contributed by atoms with E-state index < -0.39 is 11.9 Å². The summed E-state index contributed by atoms with van der Waals surface area (Å²) in [4.78, 5) is 26.6. The van der Waals surface area contributed by atoms with Crippen LogP contribution in [0.2, 0.25) is 0 Å². The van der Waals surface area contributed by atoms with Crippen molar-refractivity contribution in [2.24, 2.45) is 0 Å². The van der Waals surface area contributed by atoms with Crippen molar-refractivity contribution in [2.75, 3.05) is 0 Å². The van der Waals surface area contributed by atoms with Gasteiger partial charge in [0.25, 0.3) is 0 Å². The predicted molar refractivity (Wildman–Crippen MR) is 208 cm³/mol. The second kappa shape index (κ2) is 20.3. The van der Waals surface area contributed by atoms with E-state index in [1.165, 1.54) is 102 Å². The molecule has 0 aliphatic carbocycles. The van der Waals surface area contributed by atoms with Crippen LogP contribution in [0.3, 0.4) is 0 Å². The zero-order chi connectivity index (χ0) is 34.8. The second-order valence-corrected chi connectivity index (χ2v) is 13.6. The standard InChI is InChI=1S/C46H54O4/c1-2-3-4-5-6-7-8-9-10-11-12-13-14-15-16-19-26-36-33-34-41-42(35-36)44(50-46(48)38-29-22-18-23-30-38)40-32-25-24-31-39(40)43(41)49-45(47)37-27-20-17-21-28-37/h17-18,20-25,27-35H,2-16,19,26H2,1H3. The first kappa shape index (κ1) is 36.8. The maximum absolute atomic E-state index is 13.4. The number of fused-ring (bicyclic) bond motifs is 2. The number of esters is 2. The number of carbonyl (C=O) groups is 2. The summed E-state index contributed by atoms with van der Waals surface area (Å²) in [6, 6.07) is 32.0. The van der Waals surface area contributed by atoms with E-state index in [0.717, 1.165) is 29.0 Å². The van der Waals surface area contributed by atoms with Crippen LogP contribution in [-0.2, 0) is 6.42 Å².